The van der Waals surface area contributed by atoms with E-state index < -0.39 is 6.61 Å². The number of likely N-dealkylation sites (tertiary alicyclic amines) is 1. The van der Waals surface area contributed by atoms with E-state index in [9.17, 15) is 8.78 Å². The lowest BCUT2D eigenvalue weighted by molar-refractivity contribution is -0.0498. The molecule has 0 bridgehead atoms. The second-order valence-corrected chi connectivity index (χ2v) is 4.70. The van der Waals surface area contributed by atoms with Crippen LogP contribution in [0.3, 0.4) is 0 Å². The van der Waals surface area contributed by atoms with E-state index in [0.717, 1.165) is 18.7 Å². The number of benzene rings is 1. The first-order valence-corrected chi connectivity index (χ1v) is 6.47. The second kappa shape index (κ2) is 6.14. The van der Waals surface area contributed by atoms with Gasteiger partial charge < -0.3 is 4.74 Å². The predicted octanol–water partition coefficient (Wildman–Crippen LogP) is 3.66. The molecule has 1 aliphatic heterocycles. The summed E-state index contributed by atoms with van der Waals surface area (Å²) in [5.74, 6) is 0.224. The zero-order chi connectivity index (χ0) is 13.0. The fraction of sp³-hybridized carbons (Fsp3) is 0.571. The van der Waals surface area contributed by atoms with E-state index in [2.05, 4.69) is 16.6 Å². The molecule has 0 amide bonds. The lowest BCUT2D eigenvalue weighted by Gasteiger charge is -2.23. The van der Waals surface area contributed by atoms with Crippen molar-refractivity contribution in [1.29, 1.82) is 0 Å². The quantitative estimate of drug-likeness (QED) is 0.796. The average Bonchev–Trinajstić information content (AvgIpc) is 2.78. The Morgan fingerprint density at radius 3 is 2.67 bits per heavy atom. The molecular formula is C14H19F2NO. The van der Waals surface area contributed by atoms with Crippen LogP contribution in [-0.4, -0.2) is 24.1 Å². The van der Waals surface area contributed by atoms with Gasteiger partial charge in [-0.2, -0.15) is 8.78 Å². The molecule has 1 aromatic rings. The van der Waals surface area contributed by atoms with Crippen LogP contribution in [-0.2, 0) is 6.54 Å². The molecule has 0 aliphatic carbocycles. The molecule has 2 rings (SSSR count). The maximum absolute atomic E-state index is 12.0. The van der Waals surface area contributed by atoms with Crippen molar-refractivity contribution in [2.45, 2.75) is 45.4 Å². The van der Waals surface area contributed by atoms with Gasteiger partial charge in [0.05, 0.1) is 0 Å². The van der Waals surface area contributed by atoms with Gasteiger partial charge in [-0.15, -0.1) is 0 Å². The SMILES string of the molecule is CCC1CCCN1Cc1ccc(OC(F)F)cc1. The van der Waals surface area contributed by atoms with E-state index in [1.54, 1.807) is 12.1 Å². The van der Waals surface area contributed by atoms with Crippen LogP contribution in [0.2, 0.25) is 0 Å². The van der Waals surface area contributed by atoms with Gasteiger partial charge in [0.25, 0.3) is 0 Å². The molecule has 4 heteroatoms. The van der Waals surface area contributed by atoms with Gasteiger partial charge in [-0.05, 0) is 43.5 Å². The molecule has 100 valence electrons. The van der Waals surface area contributed by atoms with Crippen molar-refractivity contribution >= 4 is 0 Å². The van der Waals surface area contributed by atoms with Crippen LogP contribution in [0.5, 0.6) is 5.75 Å². The first-order chi connectivity index (χ1) is 8.69. The molecule has 0 N–H and O–H groups in total. The van der Waals surface area contributed by atoms with E-state index in [1.807, 2.05) is 12.1 Å². The van der Waals surface area contributed by atoms with Crippen LogP contribution in [0.15, 0.2) is 24.3 Å². The Balaban J connectivity index is 1.93. The summed E-state index contributed by atoms with van der Waals surface area (Å²) in [7, 11) is 0. The summed E-state index contributed by atoms with van der Waals surface area (Å²) < 4.78 is 28.4. The van der Waals surface area contributed by atoms with Gasteiger partial charge in [0.15, 0.2) is 0 Å². The van der Waals surface area contributed by atoms with Crippen molar-refractivity contribution < 1.29 is 13.5 Å². The lowest BCUT2D eigenvalue weighted by atomic mass is 10.1. The fourth-order valence-corrected chi connectivity index (χ4v) is 2.58. The maximum Gasteiger partial charge on any atom is 0.387 e. The fourth-order valence-electron chi connectivity index (χ4n) is 2.58. The molecule has 1 aliphatic rings. The summed E-state index contributed by atoms with van der Waals surface area (Å²) in [4.78, 5) is 2.46. The van der Waals surface area contributed by atoms with Gasteiger partial charge in [0, 0.05) is 12.6 Å². The Kier molecular flexibility index (Phi) is 4.53. The van der Waals surface area contributed by atoms with E-state index in [-0.39, 0.29) is 5.75 Å². The molecule has 1 unspecified atom stereocenters. The summed E-state index contributed by atoms with van der Waals surface area (Å²) >= 11 is 0. The van der Waals surface area contributed by atoms with Gasteiger partial charge >= 0.3 is 6.61 Å². The first-order valence-electron chi connectivity index (χ1n) is 6.47. The van der Waals surface area contributed by atoms with Crippen molar-refractivity contribution in [1.82, 2.24) is 4.90 Å². The summed E-state index contributed by atoms with van der Waals surface area (Å²) in [6.45, 7) is 1.49. The minimum Gasteiger partial charge on any atom is -0.435 e. The van der Waals surface area contributed by atoms with Gasteiger partial charge in [0.1, 0.15) is 5.75 Å². The highest BCUT2D eigenvalue weighted by Crippen LogP contribution is 2.23. The molecule has 1 aromatic carbocycles. The van der Waals surface area contributed by atoms with Gasteiger partial charge in [0.2, 0.25) is 0 Å². The van der Waals surface area contributed by atoms with Crippen molar-refractivity contribution in [3.05, 3.63) is 29.8 Å². The zero-order valence-electron chi connectivity index (χ0n) is 10.6. The van der Waals surface area contributed by atoms with Crippen molar-refractivity contribution in [3.63, 3.8) is 0 Å². The molecule has 1 atom stereocenters. The molecule has 0 spiro atoms. The topological polar surface area (TPSA) is 12.5 Å². The normalized spacial score (nSPS) is 20.6. The smallest absolute Gasteiger partial charge is 0.387 e. The van der Waals surface area contributed by atoms with Crippen LogP contribution in [0.4, 0.5) is 8.78 Å². The molecule has 0 radical (unpaired) electrons. The summed E-state index contributed by atoms with van der Waals surface area (Å²) in [6.07, 6.45) is 3.70. The molecule has 1 fully saturated rings. The van der Waals surface area contributed by atoms with Crippen LogP contribution in [0.1, 0.15) is 31.7 Å². The van der Waals surface area contributed by atoms with Gasteiger partial charge in [-0.1, -0.05) is 19.1 Å². The molecule has 0 aromatic heterocycles. The lowest BCUT2D eigenvalue weighted by Crippen LogP contribution is -2.28. The van der Waals surface area contributed by atoms with Crippen LogP contribution in [0, 0.1) is 0 Å². The summed E-state index contributed by atoms with van der Waals surface area (Å²) in [6, 6.07) is 7.62. The standard InChI is InChI=1S/C14H19F2NO/c1-2-12-4-3-9-17(12)10-11-5-7-13(8-6-11)18-14(15)16/h5-8,12,14H,2-4,9-10H2,1H3. The molecule has 2 nitrogen and oxygen atoms in total. The van der Waals surface area contributed by atoms with Crippen LogP contribution < -0.4 is 4.74 Å². The van der Waals surface area contributed by atoms with Gasteiger partial charge in [-0.3, -0.25) is 4.90 Å². The van der Waals surface area contributed by atoms with E-state index in [1.165, 1.54) is 19.3 Å². The van der Waals surface area contributed by atoms with E-state index in [0.29, 0.717) is 6.04 Å². The van der Waals surface area contributed by atoms with E-state index in [4.69, 9.17) is 0 Å². The highest BCUT2D eigenvalue weighted by Gasteiger charge is 2.22. The Bertz CT molecular complexity index is 367. The van der Waals surface area contributed by atoms with E-state index >= 15 is 0 Å². The largest absolute Gasteiger partial charge is 0.435 e. The third-order valence-corrected chi connectivity index (χ3v) is 3.50. The molecule has 1 saturated heterocycles. The number of alkyl halides is 2. The monoisotopic (exact) mass is 255 g/mol. The summed E-state index contributed by atoms with van der Waals surface area (Å²) in [5.41, 5.74) is 1.15. The Labute approximate surface area is 107 Å². The third-order valence-electron chi connectivity index (χ3n) is 3.50. The Morgan fingerprint density at radius 1 is 1.33 bits per heavy atom. The van der Waals surface area contributed by atoms with Crippen molar-refractivity contribution in [2.24, 2.45) is 0 Å². The first kappa shape index (κ1) is 13.3. The molecule has 1 heterocycles. The van der Waals surface area contributed by atoms with Gasteiger partial charge in [-0.25, -0.2) is 0 Å². The number of hydrogen-bond acceptors (Lipinski definition) is 2. The Hall–Kier alpha value is -1.16. The molecular weight excluding hydrogens is 236 g/mol. The number of rotatable bonds is 5. The van der Waals surface area contributed by atoms with Crippen LogP contribution in [0.25, 0.3) is 0 Å². The highest BCUT2D eigenvalue weighted by molar-refractivity contribution is 5.27. The highest BCUT2D eigenvalue weighted by atomic mass is 19.3. The van der Waals surface area contributed by atoms with Crippen LogP contribution >= 0.6 is 0 Å². The number of halogens is 2. The Morgan fingerprint density at radius 2 is 2.06 bits per heavy atom. The molecule has 18 heavy (non-hydrogen) atoms. The second-order valence-electron chi connectivity index (χ2n) is 4.70. The minimum absolute atomic E-state index is 0.224. The van der Waals surface area contributed by atoms with Crippen molar-refractivity contribution in [2.75, 3.05) is 6.54 Å². The molecule has 0 saturated carbocycles. The number of ether oxygens (including phenoxy) is 1. The number of nitrogens with zero attached hydrogens (tertiary/aromatic N) is 1. The zero-order valence-corrected chi connectivity index (χ0v) is 10.6. The average molecular weight is 255 g/mol. The number of hydrogen-bond donors (Lipinski definition) is 0. The van der Waals surface area contributed by atoms with Crippen molar-refractivity contribution in [3.8, 4) is 5.75 Å². The summed E-state index contributed by atoms with van der Waals surface area (Å²) in [5, 5.41) is 0. The minimum atomic E-state index is -2.75. The third kappa shape index (κ3) is 3.42. The predicted molar refractivity (Wildman–Crippen MR) is 66.8 cm³/mol. The maximum atomic E-state index is 12.0.